The van der Waals surface area contributed by atoms with Crippen molar-refractivity contribution >= 4 is 23.3 Å². The van der Waals surface area contributed by atoms with Gasteiger partial charge in [0.2, 0.25) is 0 Å². The quantitative estimate of drug-likeness (QED) is 0.655. The van der Waals surface area contributed by atoms with Gasteiger partial charge in [0.05, 0.1) is 12.7 Å². The Morgan fingerprint density at radius 2 is 1.81 bits per heavy atom. The number of carbonyl (C=O) groups is 2. The molecular weight excluding hydrogens is 344 g/mol. The number of pyridine rings is 2. The maximum Gasteiger partial charge on any atom is 0.337 e. The molecule has 2 heterocycles. The molecule has 2 aromatic heterocycles. The molecule has 136 valence electrons. The average molecular weight is 362 g/mol. The molecule has 0 aliphatic heterocycles. The number of nitrogens with zero attached hydrogens (tertiary/aromatic N) is 2. The Hall–Kier alpha value is -3.74. The number of esters is 1. The number of nitrogens with one attached hydrogen (secondary N) is 2. The van der Waals surface area contributed by atoms with Crippen LogP contribution in [0.5, 0.6) is 0 Å². The fourth-order valence-electron chi connectivity index (χ4n) is 2.41. The van der Waals surface area contributed by atoms with Crippen LogP contribution in [0.2, 0.25) is 0 Å². The zero-order valence-electron chi connectivity index (χ0n) is 14.7. The van der Waals surface area contributed by atoms with Crippen molar-refractivity contribution in [1.29, 1.82) is 0 Å². The first-order valence-corrected chi connectivity index (χ1v) is 8.24. The predicted octanol–water partition coefficient (Wildman–Crippen LogP) is 3.13. The van der Waals surface area contributed by atoms with Crippen LogP contribution in [0.15, 0.2) is 67.1 Å². The van der Waals surface area contributed by atoms with Gasteiger partial charge in [0.25, 0.3) is 5.91 Å². The summed E-state index contributed by atoms with van der Waals surface area (Å²) in [5, 5.41) is 5.98. The number of benzene rings is 1. The SMILES string of the molecule is COC(=O)c1cccc(NC(=O)c2cc(NCc3ccncc3)ccn2)c1. The molecule has 0 aliphatic rings. The molecular formula is C20H18N4O3. The van der Waals surface area contributed by atoms with Crippen LogP contribution in [0.4, 0.5) is 11.4 Å². The first-order valence-electron chi connectivity index (χ1n) is 8.24. The third-order valence-electron chi connectivity index (χ3n) is 3.78. The van der Waals surface area contributed by atoms with E-state index in [1.165, 1.54) is 7.11 Å². The average Bonchev–Trinajstić information content (AvgIpc) is 2.73. The maximum absolute atomic E-state index is 12.5. The highest BCUT2D eigenvalue weighted by Crippen LogP contribution is 2.15. The summed E-state index contributed by atoms with van der Waals surface area (Å²) < 4.78 is 4.68. The summed E-state index contributed by atoms with van der Waals surface area (Å²) >= 11 is 0. The smallest absolute Gasteiger partial charge is 0.337 e. The summed E-state index contributed by atoms with van der Waals surface area (Å²) in [6, 6.07) is 13.8. The Morgan fingerprint density at radius 1 is 1.00 bits per heavy atom. The lowest BCUT2D eigenvalue weighted by Gasteiger charge is -2.09. The van der Waals surface area contributed by atoms with E-state index < -0.39 is 5.97 Å². The molecule has 0 radical (unpaired) electrons. The van der Waals surface area contributed by atoms with E-state index in [1.54, 1.807) is 55.0 Å². The van der Waals surface area contributed by atoms with Gasteiger partial charge in [0.15, 0.2) is 0 Å². The third kappa shape index (κ3) is 4.88. The number of ether oxygens (including phenoxy) is 1. The van der Waals surface area contributed by atoms with E-state index in [2.05, 4.69) is 25.3 Å². The number of aromatic nitrogens is 2. The van der Waals surface area contributed by atoms with Crippen LogP contribution in [0.1, 0.15) is 26.4 Å². The van der Waals surface area contributed by atoms with E-state index in [0.717, 1.165) is 11.3 Å². The molecule has 1 aromatic carbocycles. The minimum Gasteiger partial charge on any atom is -0.465 e. The maximum atomic E-state index is 12.5. The molecule has 0 saturated heterocycles. The molecule has 0 spiro atoms. The van der Waals surface area contributed by atoms with E-state index >= 15 is 0 Å². The molecule has 0 atom stereocenters. The summed E-state index contributed by atoms with van der Waals surface area (Å²) in [6.45, 7) is 0.606. The molecule has 1 amide bonds. The zero-order valence-corrected chi connectivity index (χ0v) is 14.7. The number of anilines is 2. The summed E-state index contributed by atoms with van der Waals surface area (Å²) in [5.41, 5.74) is 2.96. The molecule has 0 unspecified atom stereocenters. The van der Waals surface area contributed by atoms with Gasteiger partial charge in [0.1, 0.15) is 5.69 Å². The summed E-state index contributed by atoms with van der Waals surface area (Å²) in [5.74, 6) is -0.837. The molecule has 3 rings (SSSR count). The fourth-order valence-corrected chi connectivity index (χ4v) is 2.41. The van der Waals surface area contributed by atoms with Crippen LogP contribution in [0, 0.1) is 0 Å². The van der Waals surface area contributed by atoms with E-state index in [-0.39, 0.29) is 11.6 Å². The molecule has 3 aromatic rings. The molecule has 27 heavy (non-hydrogen) atoms. The van der Waals surface area contributed by atoms with Gasteiger partial charge in [0, 0.05) is 36.5 Å². The van der Waals surface area contributed by atoms with Crippen molar-refractivity contribution in [2.75, 3.05) is 17.7 Å². The molecule has 0 bridgehead atoms. The Balaban J connectivity index is 1.67. The second-order valence-electron chi connectivity index (χ2n) is 5.67. The van der Waals surface area contributed by atoms with Crippen LogP contribution in [-0.4, -0.2) is 29.0 Å². The topological polar surface area (TPSA) is 93.2 Å². The zero-order chi connectivity index (χ0) is 19.1. The van der Waals surface area contributed by atoms with Gasteiger partial charge < -0.3 is 15.4 Å². The van der Waals surface area contributed by atoms with E-state index in [0.29, 0.717) is 17.8 Å². The lowest BCUT2D eigenvalue weighted by atomic mass is 10.2. The molecule has 2 N–H and O–H groups in total. The van der Waals surface area contributed by atoms with Crippen LogP contribution in [0.25, 0.3) is 0 Å². The second-order valence-corrected chi connectivity index (χ2v) is 5.67. The van der Waals surface area contributed by atoms with Gasteiger partial charge in [-0.25, -0.2) is 4.79 Å². The van der Waals surface area contributed by atoms with Crippen molar-refractivity contribution in [3.63, 3.8) is 0 Å². The minimum absolute atomic E-state index is 0.262. The predicted molar refractivity (Wildman–Crippen MR) is 102 cm³/mol. The molecule has 7 nitrogen and oxygen atoms in total. The summed E-state index contributed by atoms with van der Waals surface area (Å²) in [4.78, 5) is 32.2. The number of carbonyl (C=O) groups excluding carboxylic acids is 2. The lowest BCUT2D eigenvalue weighted by molar-refractivity contribution is 0.0600. The van der Waals surface area contributed by atoms with Crippen molar-refractivity contribution < 1.29 is 14.3 Å². The first kappa shape index (κ1) is 18.1. The van der Waals surface area contributed by atoms with Crippen molar-refractivity contribution in [1.82, 2.24) is 9.97 Å². The monoisotopic (exact) mass is 362 g/mol. The van der Waals surface area contributed by atoms with Crippen molar-refractivity contribution in [2.45, 2.75) is 6.54 Å². The van der Waals surface area contributed by atoms with Crippen LogP contribution in [-0.2, 0) is 11.3 Å². The van der Waals surface area contributed by atoms with Crippen molar-refractivity contribution in [2.24, 2.45) is 0 Å². The van der Waals surface area contributed by atoms with Gasteiger partial charge in [-0.2, -0.15) is 0 Å². The minimum atomic E-state index is -0.466. The highest BCUT2D eigenvalue weighted by molar-refractivity contribution is 6.04. The number of rotatable bonds is 6. The van der Waals surface area contributed by atoms with Crippen molar-refractivity contribution in [3.8, 4) is 0 Å². The van der Waals surface area contributed by atoms with Gasteiger partial charge in [-0.1, -0.05) is 6.07 Å². The normalized spacial score (nSPS) is 10.1. The Kier molecular flexibility index (Phi) is 5.73. The molecule has 0 fully saturated rings. The standard InChI is InChI=1S/C20H18N4O3/c1-27-20(26)15-3-2-4-17(11-15)24-19(25)18-12-16(7-10-22-18)23-13-14-5-8-21-9-6-14/h2-12H,13H2,1H3,(H,22,23)(H,24,25). The molecule has 7 heteroatoms. The Bertz CT molecular complexity index is 945. The highest BCUT2D eigenvalue weighted by atomic mass is 16.5. The highest BCUT2D eigenvalue weighted by Gasteiger charge is 2.11. The Morgan fingerprint density at radius 3 is 2.59 bits per heavy atom. The third-order valence-corrected chi connectivity index (χ3v) is 3.78. The Labute approximate surface area is 156 Å². The van der Waals surface area contributed by atoms with Crippen LogP contribution >= 0.6 is 0 Å². The molecule has 0 saturated carbocycles. The number of methoxy groups -OCH3 is 1. The second kappa shape index (κ2) is 8.57. The lowest BCUT2D eigenvalue weighted by Crippen LogP contribution is -2.14. The van der Waals surface area contributed by atoms with Gasteiger partial charge in [-0.3, -0.25) is 14.8 Å². The van der Waals surface area contributed by atoms with Crippen LogP contribution < -0.4 is 10.6 Å². The summed E-state index contributed by atoms with van der Waals surface area (Å²) in [7, 11) is 1.31. The number of hydrogen-bond acceptors (Lipinski definition) is 6. The van der Waals surface area contributed by atoms with Gasteiger partial charge in [-0.05, 0) is 48.0 Å². The van der Waals surface area contributed by atoms with E-state index in [4.69, 9.17) is 0 Å². The molecule has 0 aliphatic carbocycles. The van der Waals surface area contributed by atoms with Crippen LogP contribution in [0.3, 0.4) is 0 Å². The van der Waals surface area contributed by atoms with Crippen molar-refractivity contribution in [3.05, 3.63) is 83.9 Å². The number of amides is 1. The van der Waals surface area contributed by atoms with E-state index in [9.17, 15) is 9.59 Å². The summed E-state index contributed by atoms with van der Waals surface area (Å²) in [6.07, 6.45) is 5.02. The number of hydrogen-bond donors (Lipinski definition) is 2. The van der Waals surface area contributed by atoms with Gasteiger partial charge in [-0.15, -0.1) is 0 Å². The van der Waals surface area contributed by atoms with E-state index in [1.807, 2.05) is 12.1 Å². The van der Waals surface area contributed by atoms with Gasteiger partial charge >= 0.3 is 5.97 Å². The first-order chi connectivity index (χ1) is 13.2. The largest absolute Gasteiger partial charge is 0.465 e. The fraction of sp³-hybridized carbons (Fsp3) is 0.100.